The quantitative estimate of drug-likeness (QED) is 0.716. The van der Waals surface area contributed by atoms with Crippen molar-refractivity contribution in [3.63, 3.8) is 0 Å². The lowest BCUT2D eigenvalue weighted by molar-refractivity contribution is 0.455. The highest BCUT2D eigenvalue weighted by atomic mass is 16.5. The highest BCUT2D eigenvalue weighted by Crippen LogP contribution is 2.20. The lowest BCUT2D eigenvalue weighted by Crippen LogP contribution is -2.09. The third-order valence-corrected chi connectivity index (χ3v) is 2.55. The zero-order valence-corrected chi connectivity index (χ0v) is 7.60. The highest BCUT2D eigenvalue weighted by molar-refractivity contribution is 5.69. The molecular weight excluding hydrogens is 180 g/mol. The zero-order valence-electron chi connectivity index (χ0n) is 7.60. The monoisotopic (exact) mass is 190 g/mol. The average molecular weight is 190 g/mol. The van der Waals surface area contributed by atoms with Crippen molar-refractivity contribution >= 4 is 11.1 Å². The highest BCUT2D eigenvalue weighted by Gasteiger charge is 2.19. The first kappa shape index (κ1) is 7.87. The minimum atomic E-state index is 0.439. The van der Waals surface area contributed by atoms with Crippen LogP contribution < -0.4 is 5.32 Å². The molecule has 14 heavy (non-hydrogen) atoms. The second-order valence-corrected chi connectivity index (χ2v) is 3.49. The largest absolute Gasteiger partial charge is 0.353 e. The van der Waals surface area contributed by atoms with E-state index in [1.54, 1.807) is 12.4 Å². The molecule has 2 aromatic heterocycles. The van der Waals surface area contributed by atoms with Gasteiger partial charge in [-0.3, -0.25) is 0 Å². The average Bonchev–Trinajstić information content (AvgIpc) is 2.88. The Balaban J connectivity index is 2.04. The number of aromatic nitrogens is 3. The van der Waals surface area contributed by atoms with Crippen molar-refractivity contribution in [2.45, 2.75) is 12.3 Å². The van der Waals surface area contributed by atoms with E-state index in [-0.39, 0.29) is 0 Å². The van der Waals surface area contributed by atoms with E-state index in [2.05, 4.69) is 20.4 Å². The van der Waals surface area contributed by atoms with Gasteiger partial charge in [-0.25, -0.2) is 9.97 Å². The minimum Gasteiger partial charge on any atom is -0.353 e. The second-order valence-electron chi connectivity index (χ2n) is 3.49. The van der Waals surface area contributed by atoms with Crippen LogP contribution in [-0.4, -0.2) is 28.2 Å². The van der Waals surface area contributed by atoms with E-state index >= 15 is 0 Å². The van der Waals surface area contributed by atoms with Crippen LogP contribution in [0.5, 0.6) is 0 Å². The molecule has 0 aliphatic carbocycles. The number of fused-ring (bicyclic) bond motifs is 1. The van der Waals surface area contributed by atoms with Crippen LogP contribution in [0, 0.1) is 0 Å². The molecule has 72 valence electrons. The Labute approximate surface area is 80.5 Å². The minimum absolute atomic E-state index is 0.439. The van der Waals surface area contributed by atoms with Gasteiger partial charge < -0.3 is 9.84 Å². The lowest BCUT2D eigenvalue weighted by Gasteiger charge is -2.04. The van der Waals surface area contributed by atoms with Crippen LogP contribution in [0.4, 0.5) is 0 Å². The van der Waals surface area contributed by atoms with Crippen LogP contribution in [0.25, 0.3) is 11.1 Å². The Kier molecular flexibility index (Phi) is 1.70. The summed E-state index contributed by atoms with van der Waals surface area (Å²) in [4.78, 5) is 8.69. The zero-order chi connectivity index (χ0) is 9.38. The fourth-order valence-electron chi connectivity index (χ4n) is 1.77. The molecule has 0 amide bonds. The summed E-state index contributed by atoms with van der Waals surface area (Å²) in [5, 5.41) is 6.97. The van der Waals surface area contributed by atoms with Crippen molar-refractivity contribution in [2.75, 3.05) is 13.1 Å². The fourth-order valence-corrected chi connectivity index (χ4v) is 1.77. The maximum atomic E-state index is 4.94. The predicted octanol–water partition coefficient (Wildman–Crippen LogP) is 0.695. The molecule has 0 saturated carbocycles. The van der Waals surface area contributed by atoms with E-state index in [1.807, 2.05) is 0 Å². The first-order valence-corrected chi connectivity index (χ1v) is 4.71. The van der Waals surface area contributed by atoms with Crippen LogP contribution in [0.2, 0.25) is 0 Å². The van der Waals surface area contributed by atoms with Crippen LogP contribution in [-0.2, 0) is 0 Å². The molecular formula is C9H10N4O. The summed E-state index contributed by atoms with van der Waals surface area (Å²) in [5.41, 5.74) is 1.45. The Morgan fingerprint density at radius 1 is 1.43 bits per heavy atom. The molecule has 1 fully saturated rings. The Morgan fingerprint density at radius 3 is 3.29 bits per heavy atom. The van der Waals surface area contributed by atoms with Gasteiger partial charge >= 0.3 is 0 Å². The summed E-state index contributed by atoms with van der Waals surface area (Å²) >= 11 is 0. The van der Waals surface area contributed by atoms with Gasteiger partial charge in [0.15, 0.2) is 0 Å². The summed E-state index contributed by atoms with van der Waals surface area (Å²) < 4.78 is 4.94. The number of nitrogens with one attached hydrogen (secondary N) is 1. The van der Waals surface area contributed by atoms with E-state index in [1.165, 1.54) is 0 Å². The number of hydrogen-bond acceptors (Lipinski definition) is 5. The standard InChI is InChI=1S/C9H10N4O/c1-2-10-3-6(1)9-11-5-8-7(13-9)4-12-14-8/h4-6,10H,1-3H2. The van der Waals surface area contributed by atoms with Gasteiger partial charge in [0.2, 0.25) is 5.58 Å². The Hall–Kier alpha value is -1.49. The molecule has 1 aliphatic heterocycles. The molecule has 0 aromatic carbocycles. The third kappa shape index (κ3) is 1.17. The van der Waals surface area contributed by atoms with Crippen LogP contribution >= 0.6 is 0 Å². The summed E-state index contributed by atoms with van der Waals surface area (Å²) in [6.45, 7) is 2.02. The van der Waals surface area contributed by atoms with E-state index in [0.29, 0.717) is 11.5 Å². The van der Waals surface area contributed by atoms with Crippen molar-refractivity contribution < 1.29 is 4.52 Å². The van der Waals surface area contributed by atoms with Gasteiger partial charge in [-0.05, 0) is 13.0 Å². The molecule has 2 aromatic rings. The number of rotatable bonds is 1. The van der Waals surface area contributed by atoms with Crippen LogP contribution in [0.3, 0.4) is 0 Å². The first-order valence-electron chi connectivity index (χ1n) is 4.71. The van der Waals surface area contributed by atoms with Gasteiger partial charge in [-0.1, -0.05) is 5.16 Å². The molecule has 1 atom stereocenters. The Bertz CT molecular complexity index is 447. The normalized spacial score (nSPS) is 21.9. The van der Waals surface area contributed by atoms with Gasteiger partial charge in [-0.2, -0.15) is 0 Å². The Morgan fingerprint density at radius 2 is 2.43 bits per heavy atom. The summed E-state index contributed by atoms with van der Waals surface area (Å²) in [5.74, 6) is 1.33. The first-order chi connectivity index (χ1) is 6.93. The summed E-state index contributed by atoms with van der Waals surface area (Å²) in [6, 6.07) is 0. The summed E-state index contributed by atoms with van der Waals surface area (Å²) in [6.07, 6.45) is 4.43. The van der Waals surface area contributed by atoms with Gasteiger partial charge in [0, 0.05) is 12.5 Å². The molecule has 0 bridgehead atoms. The second kappa shape index (κ2) is 3.02. The van der Waals surface area contributed by atoms with Gasteiger partial charge in [-0.15, -0.1) is 0 Å². The molecule has 1 saturated heterocycles. The summed E-state index contributed by atoms with van der Waals surface area (Å²) in [7, 11) is 0. The molecule has 3 rings (SSSR count). The van der Waals surface area contributed by atoms with E-state index < -0.39 is 0 Å². The molecule has 1 unspecified atom stereocenters. The van der Waals surface area contributed by atoms with Gasteiger partial charge in [0.1, 0.15) is 11.3 Å². The SMILES string of the molecule is c1noc2cnc(C3CCNC3)nc12. The van der Waals surface area contributed by atoms with Crippen LogP contribution in [0.15, 0.2) is 16.9 Å². The third-order valence-electron chi connectivity index (χ3n) is 2.55. The van der Waals surface area contributed by atoms with Crippen molar-refractivity contribution in [2.24, 2.45) is 0 Å². The fraction of sp³-hybridized carbons (Fsp3) is 0.444. The predicted molar refractivity (Wildman–Crippen MR) is 49.8 cm³/mol. The molecule has 0 radical (unpaired) electrons. The molecule has 5 nitrogen and oxygen atoms in total. The van der Waals surface area contributed by atoms with Crippen molar-refractivity contribution in [1.82, 2.24) is 20.4 Å². The molecule has 1 N–H and O–H groups in total. The van der Waals surface area contributed by atoms with E-state index in [4.69, 9.17) is 4.52 Å². The van der Waals surface area contributed by atoms with Crippen molar-refractivity contribution in [3.8, 4) is 0 Å². The smallest absolute Gasteiger partial charge is 0.203 e. The van der Waals surface area contributed by atoms with Gasteiger partial charge in [0.25, 0.3) is 0 Å². The molecule has 3 heterocycles. The van der Waals surface area contributed by atoms with Crippen LogP contribution in [0.1, 0.15) is 18.2 Å². The number of hydrogen-bond donors (Lipinski definition) is 1. The number of nitrogens with zero attached hydrogens (tertiary/aromatic N) is 3. The van der Waals surface area contributed by atoms with E-state index in [0.717, 1.165) is 30.9 Å². The topological polar surface area (TPSA) is 63.8 Å². The molecule has 1 aliphatic rings. The molecule has 0 spiro atoms. The van der Waals surface area contributed by atoms with Crippen molar-refractivity contribution in [1.29, 1.82) is 0 Å². The maximum Gasteiger partial charge on any atom is 0.203 e. The molecule has 5 heteroatoms. The van der Waals surface area contributed by atoms with Crippen molar-refractivity contribution in [3.05, 3.63) is 18.2 Å². The van der Waals surface area contributed by atoms with Gasteiger partial charge in [0.05, 0.1) is 12.4 Å². The lowest BCUT2D eigenvalue weighted by atomic mass is 10.1. The maximum absolute atomic E-state index is 4.94. The van der Waals surface area contributed by atoms with E-state index in [9.17, 15) is 0 Å².